The molecule has 1 aromatic carbocycles. The van der Waals surface area contributed by atoms with Crippen LogP contribution in [0.25, 0.3) is 0 Å². The van der Waals surface area contributed by atoms with E-state index in [1.165, 1.54) is 89.9 Å². The first kappa shape index (κ1) is 38.3. The number of carbonyl (C=O) groups is 2. The molecule has 0 radical (unpaired) electrons. The molecule has 0 saturated heterocycles. The Labute approximate surface area is 259 Å². The Morgan fingerprint density at radius 3 is 1.48 bits per heavy atom. The highest BCUT2D eigenvalue weighted by molar-refractivity contribution is 5.99. The minimum absolute atomic E-state index is 0.0592. The molecular weight excluding hydrogens is 522 g/mol. The van der Waals surface area contributed by atoms with Crippen LogP contribution in [-0.4, -0.2) is 31.2 Å². The molecule has 0 aliphatic rings. The second kappa shape index (κ2) is 22.8. The van der Waals surface area contributed by atoms with Crippen LogP contribution < -0.4 is 5.32 Å². The Kier molecular flexibility index (Phi) is 20.8. The van der Waals surface area contributed by atoms with Gasteiger partial charge < -0.3 is 14.8 Å². The van der Waals surface area contributed by atoms with Crippen molar-refractivity contribution in [1.29, 1.82) is 0 Å². The number of hydrogen-bond acceptors (Lipinski definition) is 4. The molecule has 0 bridgehead atoms. The van der Waals surface area contributed by atoms with Gasteiger partial charge in [0.15, 0.2) is 0 Å². The molecule has 2 atom stereocenters. The molecule has 1 N–H and O–H groups in total. The lowest BCUT2D eigenvalue weighted by atomic mass is 9.95. The van der Waals surface area contributed by atoms with Crippen molar-refractivity contribution in [2.75, 3.05) is 18.5 Å². The van der Waals surface area contributed by atoms with Crippen molar-refractivity contribution in [2.45, 2.75) is 157 Å². The quantitative estimate of drug-likeness (QED) is 0.0702. The smallest absolute Gasteiger partial charge is 0.229 e. The third-order valence-electron chi connectivity index (χ3n) is 7.99. The van der Waals surface area contributed by atoms with Crippen LogP contribution >= 0.6 is 0 Å². The lowest BCUT2D eigenvalue weighted by molar-refractivity contribution is -0.128. The van der Waals surface area contributed by atoms with E-state index in [0.717, 1.165) is 12.8 Å². The number of ketones is 1. The molecule has 0 spiro atoms. The summed E-state index contributed by atoms with van der Waals surface area (Å²) in [4.78, 5) is 25.8. The predicted octanol–water partition coefficient (Wildman–Crippen LogP) is 10.8. The van der Waals surface area contributed by atoms with Gasteiger partial charge in [-0.05, 0) is 48.9 Å². The molecule has 5 nitrogen and oxygen atoms in total. The van der Waals surface area contributed by atoms with E-state index < -0.39 is 11.7 Å². The van der Waals surface area contributed by atoms with Crippen molar-refractivity contribution < 1.29 is 19.1 Å². The summed E-state index contributed by atoms with van der Waals surface area (Å²) in [6, 6.07) is 7.06. The van der Waals surface area contributed by atoms with E-state index in [1.807, 2.05) is 20.8 Å². The lowest BCUT2D eigenvalue weighted by Gasteiger charge is -2.22. The summed E-state index contributed by atoms with van der Waals surface area (Å²) in [5, 5.41) is 2.92. The van der Waals surface area contributed by atoms with Crippen molar-refractivity contribution in [3.05, 3.63) is 29.8 Å². The minimum Gasteiger partial charge on any atom is -0.345 e. The highest BCUT2D eigenvalue weighted by atomic mass is 16.7. The number of benzene rings is 1. The van der Waals surface area contributed by atoms with Gasteiger partial charge in [-0.1, -0.05) is 138 Å². The van der Waals surface area contributed by atoms with Gasteiger partial charge in [0, 0.05) is 16.7 Å². The van der Waals surface area contributed by atoms with Gasteiger partial charge in [0.25, 0.3) is 0 Å². The van der Waals surface area contributed by atoms with E-state index in [9.17, 15) is 9.59 Å². The molecule has 0 saturated carbocycles. The monoisotopic (exact) mass is 587 g/mol. The zero-order valence-corrected chi connectivity index (χ0v) is 28.4. The van der Waals surface area contributed by atoms with Gasteiger partial charge in [-0.2, -0.15) is 0 Å². The molecule has 0 heterocycles. The maximum absolute atomic E-state index is 13.5. The Morgan fingerprint density at radius 2 is 1.07 bits per heavy atom. The summed E-state index contributed by atoms with van der Waals surface area (Å²) in [5.41, 5.74) is 0.725. The van der Waals surface area contributed by atoms with Crippen LogP contribution in [-0.2, 0) is 14.3 Å². The topological polar surface area (TPSA) is 64.6 Å². The van der Waals surface area contributed by atoms with Crippen LogP contribution in [0, 0.1) is 17.3 Å². The van der Waals surface area contributed by atoms with E-state index >= 15 is 0 Å². The molecule has 0 aliphatic carbocycles. The van der Waals surface area contributed by atoms with Crippen LogP contribution in [0.4, 0.5) is 5.69 Å². The number of Topliss-reactive ketones (excluding diaryl/α,β-unsaturated/α-hetero) is 1. The predicted molar refractivity (Wildman–Crippen MR) is 178 cm³/mol. The van der Waals surface area contributed by atoms with E-state index in [1.54, 1.807) is 24.3 Å². The molecule has 0 aromatic heterocycles. The fourth-order valence-corrected chi connectivity index (χ4v) is 4.94. The number of rotatable bonds is 25. The number of carbonyl (C=O) groups excluding carboxylic acids is 2. The summed E-state index contributed by atoms with van der Waals surface area (Å²) >= 11 is 0. The molecule has 5 heteroatoms. The van der Waals surface area contributed by atoms with E-state index in [2.05, 4.69) is 33.0 Å². The average Bonchev–Trinajstić information content (AvgIpc) is 2.95. The summed E-state index contributed by atoms with van der Waals surface area (Å²) in [6.07, 6.45) is 19.4. The zero-order chi connectivity index (χ0) is 31.2. The third kappa shape index (κ3) is 18.1. The summed E-state index contributed by atoms with van der Waals surface area (Å²) in [6.45, 7) is 15.6. The van der Waals surface area contributed by atoms with Gasteiger partial charge in [0.05, 0.1) is 13.2 Å². The number of hydrogen-bond donors (Lipinski definition) is 1. The van der Waals surface area contributed by atoms with Crippen LogP contribution in [0.5, 0.6) is 0 Å². The van der Waals surface area contributed by atoms with Crippen molar-refractivity contribution in [3.8, 4) is 0 Å². The molecule has 0 aliphatic heterocycles. The molecule has 1 aromatic rings. The van der Waals surface area contributed by atoms with Gasteiger partial charge in [-0.3, -0.25) is 9.59 Å². The van der Waals surface area contributed by atoms with Crippen LogP contribution in [0.1, 0.15) is 162 Å². The summed E-state index contributed by atoms with van der Waals surface area (Å²) < 4.78 is 12.3. The van der Waals surface area contributed by atoms with Crippen molar-refractivity contribution in [3.63, 3.8) is 0 Å². The first-order valence-corrected chi connectivity index (χ1v) is 17.3. The Bertz CT molecular complexity index is 801. The number of nitrogens with one attached hydrogen (secondary N) is 1. The second-order valence-corrected chi connectivity index (χ2v) is 13.7. The number of amides is 1. The SMILES string of the molecule is CCCCCCCCCC(C)COC(OCC(C)CCCCCCCCC)C(=O)c1ccc(NC(=O)C(C)(C)C)cc1. The van der Waals surface area contributed by atoms with E-state index in [-0.39, 0.29) is 11.7 Å². The first-order valence-electron chi connectivity index (χ1n) is 17.3. The van der Waals surface area contributed by atoms with Crippen molar-refractivity contribution in [1.82, 2.24) is 0 Å². The van der Waals surface area contributed by atoms with Gasteiger partial charge in [0.1, 0.15) is 0 Å². The fraction of sp³-hybridized carbons (Fsp3) is 0.784. The van der Waals surface area contributed by atoms with E-state index in [4.69, 9.17) is 9.47 Å². The van der Waals surface area contributed by atoms with Gasteiger partial charge in [0.2, 0.25) is 18.0 Å². The van der Waals surface area contributed by atoms with E-state index in [0.29, 0.717) is 36.3 Å². The molecule has 0 fully saturated rings. The number of unbranched alkanes of at least 4 members (excludes halogenated alkanes) is 12. The fourth-order valence-electron chi connectivity index (χ4n) is 4.94. The van der Waals surface area contributed by atoms with Crippen LogP contribution in [0.2, 0.25) is 0 Å². The molecule has 1 rings (SSSR count). The highest BCUT2D eigenvalue weighted by Gasteiger charge is 2.24. The Morgan fingerprint density at radius 1 is 0.667 bits per heavy atom. The Hall–Kier alpha value is -1.72. The van der Waals surface area contributed by atoms with Crippen molar-refractivity contribution in [2.24, 2.45) is 17.3 Å². The molecule has 242 valence electrons. The number of anilines is 1. The third-order valence-corrected chi connectivity index (χ3v) is 7.99. The van der Waals surface area contributed by atoms with Crippen LogP contribution in [0.15, 0.2) is 24.3 Å². The molecule has 2 unspecified atom stereocenters. The van der Waals surface area contributed by atoms with Gasteiger partial charge in [-0.25, -0.2) is 0 Å². The van der Waals surface area contributed by atoms with Crippen LogP contribution in [0.3, 0.4) is 0 Å². The minimum atomic E-state index is -0.909. The maximum Gasteiger partial charge on any atom is 0.229 e. The van der Waals surface area contributed by atoms with Gasteiger partial charge in [-0.15, -0.1) is 0 Å². The average molecular weight is 588 g/mol. The highest BCUT2D eigenvalue weighted by Crippen LogP contribution is 2.21. The lowest BCUT2D eigenvalue weighted by Crippen LogP contribution is -2.31. The zero-order valence-electron chi connectivity index (χ0n) is 28.4. The number of ether oxygens (including phenoxy) is 2. The molecule has 1 amide bonds. The van der Waals surface area contributed by atoms with Gasteiger partial charge >= 0.3 is 0 Å². The normalized spacial score (nSPS) is 14.0. The Balaban J connectivity index is 2.66. The molecular formula is C37H65NO4. The summed E-state index contributed by atoms with van der Waals surface area (Å²) in [7, 11) is 0. The summed E-state index contributed by atoms with van der Waals surface area (Å²) in [5.74, 6) is 0.533. The maximum atomic E-state index is 13.5. The van der Waals surface area contributed by atoms with Crippen molar-refractivity contribution >= 4 is 17.4 Å². The first-order chi connectivity index (χ1) is 20.1. The standard InChI is InChI=1S/C37H65NO4/c1-8-10-12-14-16-18-20-22-30(3)28-41-35(42-29-31(4)23-21-19-17-15-13-11-9-2)34(39)32-24-26-33(27-25-32)38-36(40)37(5,6)7/h24-27,30-31,35H,8-23,28-29H2,1-7H3,(H,38,40). The second-order valence-electron chi connectivity index (χ2n) is 13.7. The largest absolute Gasteiger partial charge is 0.345 e. The molecule has 42 heavy (non-hydrogen) atoms.